The van der Waals surface area contributed by atoms with Gasteiger partial charge in [0.1, 0.15) is 5.82 Å². The highest BCUT2D eigenvalue weighted by Crippen LogP contribution is 2.32. The number of hydrogen-bond donors (Lipinski definition) is 1. The second kappa shape index (κ2) is 8.90. The SMILES string of the molecule is COC(=O)c1cccc(NC(=O)c2cc3ccccc3nc2N2CCCC(F)(F)CC2)c1. The summed E-state index contributed by atoms with van der Waals surface area (Å²) in [7, 11) is 1.28. The number of halogens is 2. The fraction of sp³-hybridized carbons (Fsp3) is 0.292. The summed E-state index contributed by atoms with van der Waals surface area (Å²) in [5, 5.41) is 3.56. The quantitative estimate of drug-likeness (QED) is 0.586. The van der Waals surface area contributed by atoms with Crippen molar-refractivity contribution >= 4 is 34.3 Å². The molecule has 1 amide bonds. The van der Waals surface area contributed by atoms with Crippen molar-refractivity contribution < 1.29 is 23.1 Å². The number of fused-ring (bicyclic) bond motifs is 1. The number of ether oxygens (including phenoxy) is 1. The van der Waals surface area contributed by atoms with Crippen LogP contribution in [0.25, 0.3) is 10.9 Å². The Morgan fingerprint density at radius 1 is 1.06 bits per heavy atom. The second-order valence-electron chi connectivity index (χ2n) is 7.78. The van der Waals surface area contributed by atoms with E-state index in [0.29, 0.717) is 35.6 Å². The Balaban J connectivity index is 1.70. The number of benzene rings is 2. The summed E-state index contributed by atoms with van der Waals surface area (Å²) in [6, 6.07) is 15.5. The fourth-order valence-corrected chi connectivity index (χ4v) is 3.83. The number of methoxy groups -OCH3 is 1. The van der Waals surface area contributed by atoms with Gasteiger partial charge in [-0.1, -0.05) is 24.3 Å². The van der Waals surface area contributed by atoms with Crippen LogP contribution in [0.2, 0.25) is 0 Å². The van der Waals surface area contributed by atoms with Crippen LogP contribution in [-0.2, 0) is 4.74 Å². The molecule has 3 aromatic rings. The molecule has 1 fully saturated rings. The van der Waals surface area contributed by atoms with Crippen LogP contribution < -0.4 is 10.2 Å². The van der Waals surface area contributed by atoms with Crippen LogP contribution in [0, 0.1) is 0 Å². The van der Waals surface area contributed by atoms with Crippen LogP contribution >= 0.6 is 0 Å². The Kier molecular flexibility index (Phi) is 6.03. The van der Waals surface area contributed by atoms with E-state index in [-0.39, 0.29) is 24.9 Å². The number of esters is 1. The molecule has 8 heteroatoms. The number of hydrogen-bond acceptors (Lipinski definition) is 5. The van der Waals surface area contributed by atoms with Gasteiger partial charge < -0.3 is 15.0 Å². The highest BCUT2D eigenvalue weighted by atomic mass is 19.3. The summed E-state index contributed by atoms with van der Waals surface area (Å²) in [6.45, 7) is 0.496. The number of carbonyl (C=O) groups excluding carboxylic acids is 2. The number of rotatable bonds is 4. The number of carbonyl (C=O) groups is 2. The van der Waals surface area contributed by atoms with Crippen molar-refractivity contribution in [3.63, 3.8) is 0 Å². The van der Waals surface area contributed by atoms with Gasteiger partial charge >= 0.3 is 5.97 Å². The molecule has 1 aromatic heterocycles. The van der Waals surface area contributed by atoms with E-state index >= 15 is 0 Å². The maximum atomic E-state index is 13.9. The van der Waals surface area contributed by atoms with Crippen molar-refractivity contribution in [1.82, 2.24) is 4.98 Å². The first-order valence-electron chi connectivity index (χ1n) is 10.4. The number of para-hydroxylation sites is 1. The van der Waals surface area contributed by atoms with E-state index in [0.717, 1.165) is 5.39 Å². The van der Waals surface area contributed by atoms with Crippen molar-refractivity contribution in [1.29, 1.82) is 0 Å². The van der Waals surface area contributed by atoms with Gasteiger partial charge in [-0.25, -0.2) is 18.6 Å². The van der Waals surface area contributed by atoms with Gasteiger partial charge in [0.15, 0.2) is 0 Å². The number of pyridine rings is 1. The summed E-state index contributed by atoms with van der Waals surface area (Å²) in [6.07, 6.45) is -0.160. The number of amides is 1. The minimum absolute atomic E-state index is 0.108. The smallest absolute Gasteiger partial charge is 0.337 e. The number of anilines is 2. The number of nitrogens with one attached hydrogen (secondary N) is 1. The van der Waals surface area contributed by atoms with Gasteiger partial charge in [-0.2, -0.15) is 0 Å². The molecule has 32 heavy (non-hydrogen) atoms. The van der Waals surface area contributed by atoms with Crippen molar-refractivity contribution in [2.45, 2.75) is 25.2 Å². The van der Waals surface area contributed by atoms with Crippen molar-refractivity contribution in [3.05, 3.63) is 65.7 Å². The van der Waals surface area contributed by atoms with Crippen LogP contribution in [0.3, 0.4) is 0 Å². The summed E-state index contributed by atoms with van der Waals surface area (Å²) >= 11 is 0. The number of alkyl halides is 2. The minimum Gasteiger partial charge on any atom is -0.465 e. The Bertz CT molecular complexity index is 1170. The average Bonchev–Trinajstić information content (AvgIpc) is 2.98. The van der Waals surface area contributed by atoms with Gasteiger partial charge in [0.05, 0.1) is 23.8 Å². The molecule has 2 heterocycles. The predicted octanol–water partition coefficient (Wildman–Crippen LogP) is 4.90. The zero-order chi connectivity index (χ0) is 22.7. The maximum Gasteiger partial charge on any atom is 0.337 e. The molecule has 1 aliphatic rings. The lowest BCUT2D eigenvalue weighted by atomic mass is 10.1. The van der Waals surface area contributed by atoms with E-state index < -0.39 is 17.8 Å². The molecule has 166 valence electrons. The van der Waals surface area contributed by atoms with Crippen LogP contribution in [0.1, 0.15) is 40.0 Å². The zero-order valence-corrected chi connectivity index (χ0v) is 17.6. The Morgan fingerprint density at radius 2 is 1.88 bits per heavy atom. The summed E-state index contributed by atoms with van der Waals surface area (Å²) in [5.74, 6) is -3.29. The summed E-state index contributed by atoms with van der Waals surface area (Å²) in [4.78, 5) is 31.5. The van der Waals surface area contributed by atoms with Crippen molar-refractivity contribution in [3.8, 4) is 0 Å². The van der Waals surface area contributed by atoms with Crippen LogP contribution in [0.15, 0.2) is 54.6 Å². The predicted molar refractivity (Wildman–Crippen MR) is 118 cm³/mol. The Labute approximate surface area is 184 Å². The molecule has 0 spiro atoms. The van der Waals surface area contributed by atoms with Crippen LogP contribution in [-0.4, -0.2) is 43.0 Å². The molecular weight excluding hydrogens is 416 g/mol. The van der Waals surface area contributed by atoms with Crippen LogP contribution in [0.5, 0.6) is 0 Å². The zero-order valence-electron chi connectivity index (χ0n) is 17.6. The van der Waals surface area contributed by atoms with Crippen molar-refractivity contribution in [2.75, 3.05) is 30.4 Å². The van der Waals surface area contributed by atoms with Gasteiger partial charge in [0, 0.05) is 37.0 Å². The lowest BCUT2D eigenvalue weighted by Gasteiger charge is -2.24. The summed E-state index contributed by atoms with van der Waals surface area (Å²) < 4.78 is 32.6. The Hall–Kier alpha value is -3.55. The molecule has 1 N–H and O–H groups in total. The van der Waals surface area contributed by atoms with E-state index in [1.165, 1.54) is 13.2 Å². The van der Waals surface area contributed by atoms with Crippen LogP contribution in [0.4, 0.5) is 20.3 Å². The molecule has 2 aromatic carbocycles. The monoisotopic (exact) mass is 439 g/mol. The number of nitrogens with zero attached hydrogens (tertiary/aromatic N) is 2. The van der Waals surface area contributed by atoms with Gasteiger partial charge in [0.25, 0.3) is 5.91 Å². The first kappa shape index (κ1) is 21.7. The fourth-order valence-electron chi connectivity index (χ4n) is 3.83. The van der Waals surface area contributed by atoms with E-state index in [1.807, 2.05) is 24.3 Å². The molecule has 0 atom stereocenters. The lowest BCUT2D eigenvalue weighted by Crippen LogP contribution is -2.29. The Morgan fingerprint density at radius 3 is 2.69 bits per heavy atom. The third-order valence-corrected chi connectivity index (χ3v) is 5.51. The van der Waals surface area contributed by atoms with Gasteiger partial charge in [-0.3, -0.25) is 4.79 Å². The van der Waals surface area contributed by atoms with E-state index in [1.54, 1.807) is 29.2 Å². The van der Waals surface area contributed by atoms with E-state index in [9.17, 15) is 18.4 Å². The molecule has 0 bridgehead atoms. The molecule has 1 saturated heterocycles. The summed E-state index contributed by atoms with van der Waals surface area (Å²) in [5.41, 5.74) is 1.69. The second-order valence-corrected chi connectivity index (χ2v) is 7.78. The van der Waals surface area contributed by atoms with Gasteiger partial charge in [0.2, 0.25) is 5.92 Å². The van der Waals surface area contributed by atoms with E-state index in [4.69, 9.17) is 4.74 Å². The number of aromatic nitrogens is 1. The third-order valence-electron chi connectivity index (χ3n) is 5.51. The topological polar surface area (TPSA) is 71.5 Å². The van der Waals surface area contributed by atoms with Gasteiger partial charge in [-0.05, 0) is 36.8 Å². The molecule has 6 nitrogen and oxygen atoms in total. The largest absolute Gasteiger partial charge is 0.465 e. The lowest BCUT2D eigenvalue weighted by molar-refractivity contribution is -0.0102. The van der Waals surface area contributed by atoms with Gasteiger partial charge in [-0.15, -0.1) is 0 Å². The van der Waals surface area contributed by atoms with E-state index in [2.05, 4.69) is 10.3 Å². The average molecular weight is 439 g/mol. The van der Waals surface area contributed by atoms with Crippen molar-refractivity contribution in [2.24, 2.45) is 0 Å². The molecule has 0 unspecified atom stereocenters. The molecule has 4 rings (SSSR count). The molecular formula is C24H23F2N3O3. The first-order chi connectivity index (χ1) is 15.4. The highest BCUT2D eigenvalue weighted by Gasteiger charge is 2.33. The third kappa shape index (κ3) is 4.69. The molecule has 0 radical (unpaired) electrons. The first-order valence-corrected chi connectivity index (χ1v) is 10.4. The maximum absolute atomic E-state index is 13.9. The molecule has 1 aliphatic heterocycles. The standard InChI is InChI=1S/C24H23F2N3O3/c1-32-23(31)17-7-4-8-18(14-17)27-22(30)19-15-16-6-2-3-9-20(16)28-21(19)29-12-5-10-24(25,26)11-13-29/h2-4,6-9,14-15H,5,10-13H2,1H3,(H,27,30). The molecule has 0 saturated carbocycles. The minimum atomic E-state index is -2.72. The normalized spacial score (nSPS) is 15.8. The molecule has 0 aliphatic carbocycles. The highest BCUT2D eigenvalue weighted by molar-refractivity contribution is 6.10.